The summed E-state index contributed by atoms with van der Waals surface area (Å²) in [5, 5.41) is 4.86. The van der Waals surface area contributed by atoms with Crippen LogP contribution in [0, 0.1) is 11.8 Å². The van der Waals surface area contributed by atoms with Gasteiger partial charge in [0.05, 0.1) is 18.7 Å². The Morgan fingerprint density at radius 3 is 3.26 bits per heavy atom. The number of rotatable bonds is 3. The first-order valence-corrected chi connectivity index (χ1v) is 7.29. The molecule has 2 rings (SSSR count). The van der Waals surface area contributed by atoms with Gasteiger partial charge in [-0.15, -0.1) is 11.3 Å². The van der Waals surface area contributed by atoms with Gasteiger partial charge in [0.25, 0.3) is 5.91 Å². The summed E-state index contributed by atoms with van der Waals surface area (Å²) in [4.78, 5) is 12.8. The summed E-state index contributed by atoms with van der Waals surface area (Å²) >= 11 is 1.40. The predicted molar refractivity (Wildman–Crippen MR) is 76.2 cm³/mol. The topological polar surface area (TPSA) is 64.4 Å². The maximum atomic E-state index is 12.2. The van der Waals surface area contributed by atoms with Gasteiger partial charge in [-0.1, -0.05) is 11.8 Å². The van der Waals surface area contributed by atoms with Crippen LogP contribution in [0.4, 0.5) is 0 Å². The summed E-state index contributed by atoms with van der Waals surface area (Å²) in [7, 11) is 0. The highest BCUT2D eigenvalue weighted by Crippen LogP contribution is 2.18. The number of nitrogens with two attached hydrogens (primary N) is 1. The first kappa shape index (κ1) is 14.1. The number of ether oxygens (including phenoxy) is 1. The van der Waals surface area contributed by atoms with Gasteiger partial charge in [-0.25, -0.2) is 0 Å². The lowest BCUT2D eigenvalue weighted by molar-refractivity contribution is 0.0714. The molecule has 19 heavy (non-hydrogen) atoms. The molecule has 1 aliphatic rings. The van der Waals surface area contributed by atoms with Crippen LogP contribution >= 0.6 is 11.3 Å². The molecule has 1 amide bonds. The summed E-state index contributed by atoms with van der Waals surface area (Å²) < 4.78 is 5.57. The molecule has 2 heterocycles. The standard InChI is InChI=1S/C14H18N2O2S/c1-10(12-5-3-8-18-12)16-14(17)13-11(4-2-7-15)6-9-19-13/h6,9-10,12H,3,5,7-8,15H2,1H3,(H,16,17). The van der Waals surface area contributed by atoms with Gasteiger partial charge in [-0.05, 0) is 31.2 Å². The zero-order chi connectivity index (χ0) is 13.7. The van der Waals surface area contributed by atoms with E-state index < -0.39 is 0 Å². The van der Waals surface area contributed by atoms with E-state index in [1.165, 1.54) is 11.3 Å². The highest BCUT2D eigenvalue weighted by Gasteiger charge is 2.24. The van der Waals surface area contributed by atoms with Gasteiger partial charge < -0.3 is 15.8 Å². The number of amides is 1. The van der Waals surface area contributed by atoms with Crippen molar-refractivity contribution in [3.8, 4) is 11.8 Å². The Bertz CT molecular complexity index is 495. The lowest BCUT2D eigenvalue weighted by Gasteiger charge is -2.19. The van der Waals surface area contributed by atoms with Crippen LogP contribution in [0.5, 0.6) is 0 Å². The molecule has 0 aromatic carbocycles. The van der Waals surface area contributed by atoms with Gasteiger partial charge in [-0.3, -0.25) is 4.79 Å². The van der Waals surface area contributed by atoms with Crippen LogP contribution in [-0.4, -0.2) is 31.2 Å². The normalized spacial score (nSPS) is 19.6. The summed E-state index contributed by atoms with van der Waals surface area (Å²) in [5.41, 5.74) is 6.09. The van der Waals surface area contributed by atoms with E-state index in [9.17, 15) is 4.79 Å². The molecule has 1 fully saturated rings. The first-order chi connectivity index (χ1) is 9.22. The Balaban J connectivity index is 2.01. The van der Waals surface area contributed by atoms with Crippen LogP contribution in [0.1, 0.15) is 35.0 Å². The Morgan fingerprint density at radius 2 is 2.58 bits per heavy atom. The van der Waals surface area contributed by atoms with Crippen molar-refractivity contribution in [2.45, 2.75) is 31.9 Å². The first-order valence-electron chi connectivity index (χ1n) is 6.41. The maximum Gasteiger partial charge on any atom is 0.262 e. The average molecular weight is 278 g/mol. The van der Waals surface area contributed by atoms with E-state index >= 15 is 0 Å². The van der Waals surface area contributed by atoms with E-state index in [4.69, 9.17) is 10.5 Å². The van der Waals surface area contributed by atoms with Crippen LogP contribution in [0.15, 0.2) is 11.4 Å². The molecule has 1 saturated heterocycles. The molecule has 0 radical (unpaired) electrons. The molecule has 1 aromatic heterocycles. The summed E-state index contributed by atoms with van der Waals surface area (Å²) in [5.74, 6) is 5.61. The number of carbonyl (C=O) groups excluding carboxylic acids is 1. The third-order valence-electron chi connectivity index (χ3n) is 3.08. The Kier molecular flexibility index (Phi) is 4.97. The van der Waals surface area contributed by atoms with E-state index in [-0.39, 0.29) is 18.1 Å². The number of nitrogens with one attached hydrogen (secondary N) is 1. The third kappa shape index (κ3) is 3.57. The van der Waals surface area contributed by atoms with E-state index in [2.05, 4.69) is 17.2 Å². The van der Waals surface area contributed by atoms with Crippen molar-refractivity contribution >= 4 is 17.2 Å². The third-order valence-corrected chi connectivity index (χ3v) is 3.99. The molecule has 1 aromatic rings. The largest absolute Gasteiger partial charge is 0.376 e. The highest BCUT2D eigenvalue weighted by molar-refractivity contribution is 7.12. The zero-order valence-corrected chi connectivity index (χ0v) is 11.8. The Hall–Kier alpha value is -1.35. The fourth-order valence-corrected chi connectivity index (χ4v) is 2.84. The van der Waals surface area contributed by atoms with Crippen molar-refractivity contribution in [1.82, 2.24) is 5.32 Å². The fraction of sp³-hybridized carbons (Fsp3) is 0.500. The van der Waals surface area contributed by atoms with Crippen molar-refractivity contribution in [2.75, 3.05) is 13.2 Å². The molecule has 1 aliphatic heterocycles. The average Bonchev–Trinajstić information content (AvgIpc) is 3.07. The molecule has 0 spiro atoms. The van der Waals surface area contributed by atoms with Gasteiger partial charge in [0, 0.05) is 12.2 Å². The lowest BCUT2D eigenvalue weighted by Crippen LogP contribution is -2.40. The van der Waals surface area contributed by atoms with Crippen LogP contribution < -0.4 is 11.1 Å². The second kappa shape index (κ2) is 6.71. The van der Waals surface area contributed by atoms with Crippen LogP contribution in [0.3, 0.4) is 0 Å². The number of hydrogen-bond acceptors (Lipinski definition) is 4. The fourth-order valence-electron chi connectivity index (χ4n) is 2.09. The van der Waals surface area contributed by atoms with Crippen molar-refractivity contribution in [3.05, 3.63) is 21.9 Å². The zero-order valence-electron chi connectivity index (χ0n) is 10.9. The predicted octanol–water partition coefficient (Wildman–Crippen LogP) is 1.36. The minimum atomic E-state index is -0.0840. The smallest absolute Gasteiger partial charge is 0.262 e. The molecular weight excluding hydrogens is 260 g/mol. The molecule has 4 nitrogen and oxygen atoms in total. The van der Waals surface area contributed by atoms with E-state index in [1.54, 1.807) is 0 Å². The Morgan fingerprint density at radius 1 is 1.74 bits per heavy atom. The van der Waals surface area contributed by atoms with Crippen molar-refractivity contribution in [2.24, 2.45) is 5.73 Å². The number of thiophene rings is 1. The van der Waals surface area contributed by atoms with E-state index in [1.807, 2.05) is 18.4 Å². The van der Waals surface area contributed by atoms with E-state index in [0.717, 1.165) is 25.0 Å². The van der Waals surface area contributed by atoms with E-state index in [0.29, 0.717) is 11.4 Å². The van der Waals surface area contributed by atoms with Gasteiger partial charge in [-0.2, -0.15) is 0 Å². The van der Waals surface area contributed by atoms with Crippen LogP contribution in [-0.2, 0) is 4.74 Å². The summed E-state index contributed by atoms with van der Waals surface area (Å²) in [6, 6.07) is 1.87. The highest BCUT2D eigenvalue weighted by atomic mass is 32.1. The van der Waals surface area contributed by atoms with Crippen LogP contribution in [0.2, 0.25) is 0 Å². The SMILES string of the molecule is CC(NC(=O)c1sccc1C#CCN)C1CCCO1. The summed E-state index contributed by atoms with van der Waals surface area (Å²) in [6.45, 7) is 3.06. The number of carbonyl (C=O) groups is 1. The van der Waals surface area contributed by atoms with Gasteiger partial charge in [0.15, 0.2) is 0 Å². The van der Waals surface area contributed by atoms with Crippen molar-refractivity contribution in [3.63, 3.8) is 0 Å². The minimum absolute atomic E-state index is 0.0208. The van der Waals surface area contributed by atoms with Crippen LogP contribution in [0.25, 0.3) is 0 Å². The quantitative estimate of drug-likeness (QED) is 0.820. The lowest BCUT2D eigenvalue weighted by atomic mass is 10.1. The molecule has 0 bridgehead atoms. The van der Waals surface area contributed by atoms with Crippen molar-refractivity contribution < 1.29 is 9.53 Å². The minimum Gasteiger partial charge on any atom is -0.376 e. The van der Waals surface area contributed by atoms with Gasteiger partial charge in [0.2, 0.25) is 0 Å². The van der Waals surface area contributed by atoms with Gasteiger partial charge >= 0.3 is 0 Å². The molecule has 2 unspecified atom stereocenters. The molecule has 5 heteroatoms. The molecular formula is C14H18N2O2S. The monoisotopic (exact) mass is 278 g/mol. The molecule has 0 aliphatic carbocycles. The second-order valence-electron chi connectivity index (χ2n) is 4.48. The molecule has 3 N–H and O–H groups in total. The summed E-state index contributed by atoms with van der Waals surface area (Å²) in [6.07, 6.45) is 2.20. The molecule has 2 atom stereocenters. The maximum absolute atomic E-state index is 12.2. The van der Waals surface area contributed by atoms with Gasteiger partial charge in [0.1, 0.15) is 4.88 Å². The molecule has 102 valence electrons. The van der Waals surface area contributed by atoms with Crippen molar-refractivity contribution in [1.29, 1.82) is 0 Å². The Labute approximate surface area is 117 Å². The molecule has 0 saturated carbocycles. The second-order valence-corrected chi connectivity index (χ2v) is 5.40. The number of hydrogen-bond donors (Lipinski definition) is 2.